The first kappa shape index (κ1) is 20.8. The number of carbonyl (C=O) groups is 1. The number of piperidine rings is 1. The first-order chi connectivity index (χ1) is 15.0. The second kappa shape index (κ2) is 9.16. The molecule has 0 unspecified atom stereocenters. The number of aryl methyl sites for hydroxylation is 3. The summed E-state index contributed by atoms with van der Waals surface area (Å²) in [5.41, 5.74) is 4.16. The van der Waals surface area contributed by atoms with Crippen LogP contribution in [0.1, 0.15) is 29.5 Å². The minimum absolute atomic E-state index is 0.0416. The van der Waals surface area contributed by atoms with Crippen LogP contribution in [0.15, 0.2) is 54.9 Å². The Labute approximate surface area is 183 Å². The minimum atomic E-state index is -0.122. The first-order valence-corrected chi connectivity index (χ1v) is 10.7. The molecule has 1 N–H and O–H groups in total. The van der Waals surface area contributed by atoms with Gasteiger partial charge in [-0.3, -0.25) is 4.79 Å². The molecule has 6 heteroatoms. The van der Waals surface area contributed by atoms with Gasteiger partial charge in [-0.2, -0.15) is 0 Å². The molecular weight excluding hydrogens is 388 g/mol. The quantitative estimate of drug-likeness (QED) is 0.630. The van der Waals surface area contributed by atoms with E-state index in [0.29, 0.717) is 18.2 Å². The van der Waals surface area contributed by atoms with Crippen molar-refractivity contribution in [3.8, 4) is 11.6 Å². The number of anilines is 2. The van der Waals surface area contributed by atoms with Crippen molar-refractivity contribution >= 4 is 17.4 Å². The molecule has 0 bridgehead atoms. The summed E-state index contributed by atoms with van der Waals surface area (Å²) < 4.78 is 6.10. The van der Waals surface area contributed by atoms with E-state index in [0.717, 1.165) is 47.5 Å². The highest BCUT2D eigenvalue weighted by molar-refractivity contribution is 5.93. The van der Waals surface area contributed by atoms with Gasteiger partial charge >= 0.3 is 0 Å². The molecule has 1 saturated heterocycles. The summed E-state index contributed by atoms with van der Waals surface area (Å²) in [4.78, 5) is 24.0. The predicted molar refractivity (Wildman–Crippen MR) is 123 cm³/mol. The fourth-order valence-corrected chi connectivity index (χ4v) is 4.06. The number of rotatable bonds is 5. The highest BCUT2D eigenvalue weighted by Gasteiger charge is 2.28. The lowest BCUT2D eigenvalue weighted by atomic mass is 9.97. The molecular formula is C25H28N4O2. The zero-order valence-corrected chi connectivity index (χ0v) is 18.3. The highest BCUT2D eigenvalue weighted by atomic mass is 16.5. The number of nitrogens with zero attached hydrogens (tertiary/aromatic N) is 3. The zero-order valence-electron chi connectivity index (χ0n) is 18.3. The van der Waals surface area contributed by atoms with Gasteiger partial charge in [0, 0.05) is 31.2 Å². The minimum Gasteiger partial charge on any atom is -0.436 e. The van der Waals surface area contributed by atoms with Gasteiger partial charge in [0.25, 0.3) is 5.88 Å². The Balaban J connectivity index is 1.50. The molecule has 6 nitrogen and oxygen atoms in total. The monoisotopic (exact) mass is 416 g/mol. The van der Waals surface area contributed by atoms with Crippen LogP contribution in [0.25, 0.3) is 0 Å². The van der Waals surface area contributed by atoms with Gasteiger partial charge in [0.2, 0.25) is 5.91 Å². The Morgan fingerprint density at radius 2 is 1.81 bits per heavy atom. The smallest absolute Gasteiger partial charge is 0.263 e. The lowest BCUT2D eigenvalue weighted by Gasteiger charge is -2.33. The molecule has 0 radical (unpaired) electrons. The molecule has 1 aromatic heterocycles. The van der Waals surface area contributed by atoms with Crippen molar-refractivity contribution < 1.29 is 9.53 Å². The lowest BCUT2D eigenvalue weighted by Crippen LogP contribution is -2.41. The second-order valence-corrected chi connectivity index (χ2v) is 8.20. The van der Waals surface area contributed by atoms with Crippen molar-refractivity contribution in [2.24, 2.45) is 5.92 Å². The first-order valence-electron chi connectivity index (χ1n) is 10.7. The summed E-state index contributed by atoms with van der Waals surface area (Å²) >= 11 is 0. The van der Waals surface area contributed by atoms with Crippen molar-refractivity contribution in [2.75, 3.05) is 23.3 Å². The highest BCUT2D eigenvalue weighted by Crippen LogP contribution is 2.32. The van der Waals surface area contributed by atoms with Crippen molar-refractivity contribution in [2.45, 2.75) is 33.6 Å². The Morgan fingerprint density at radius 1 is 1.06 bits per heavy atom. The number of nitrogens with one attached hydrogen (secondary N) is 1. The fourth-order valence-electron chi connectivity index (χ4n) is 4.06. The molecule has 4 rings (SSSR count). The molecule has 0 spiro atoms. The average molecular weight is 417 g/mol. The van der Waals surface area contributed by atoms with Gasteiger partial charge in [0.15, 0.2) is 5.82 Å². The average Bonchev–Trinajstić information content (AvgIpc) is 2.75. The van der Waals surface area contributed by atoms with Crippen LogP contribution in [0, 0.1) is 26.7 Å². The Bertz CT molecular complexity index is 1060. The Hall–Kier alpha value is -3.41. The number of para-hydroxylation sites is 1. The van der Waals surface area contributed by atoms with Crippen LogP contribution in [0.4, 0.5) is 11.5 Å². The molecule has 2 heterocycles. The van der Waals surface area contributed by atoms with Gasteiger partial charge in [-0.1, -0.05) is 24.3 Å². The molecule has 31 heavy (non-hydrogen) atoms. The molecule has 1 aliphatic rings. The lowest BCUT2D eigenvalue weighted by molar-refractivity contribution is -0.120. The number of benzene rings is 2. The zero-order chi connectivity index (χ0) is 21.8. The van der Waals surface area contributed by atoms with E-state index in [-0.39, 0.29) is 11.8 Å². The van der Waals surface area contributed by atoms with Gasteiger partial charge in [0.1, 0.15) is 5.75 Å². The summed E-state index contributed by atoms with van der Waals surface area (Å²) in [5, 5.41) is 3.09. The second-order valence-electron chi connectivity index (χ2n) is 8.20. The van der Waals surface area contributed by atoms with E-state index in [1.807, 2.05) is 57.2 Å². The van der Waals surface area contributed by atoms with Crippen LogP contribution in [0.2, 0.25) is 0 Å². The van der Waals surface area contributed by atoms with Gasteiger partial charge in [0.05, 0.1) is 5.92 Å². The number of aromatic nitrogens is 2. The molecule has 1 atom stereocenters. The Kier molecular flexibility index (Phi) is 6.16. The van der Waals surface area contributed by atoms with E-state index in [1.165, 1.54) is 0 Å². The molecule has 2 aromatic carbocycles. The number of amides is 1. The molecule has 0 saturated carbocycles. The third-order valence-electron chi connectivity index (χ3n) is 5.53. The van der Waals surface area contributed by atoms with Crippen molar-refractivity contribution in [1.82, 2.24) is 9.97 Å². The summed E-state index contributed by atoms with van der Waals surface area (Å²) in [6.45, 7) is 7.47. The van der Waals surface area contributed by atoms with Crippen molar-refractivity contribution in [1.29, 1.82) is 0 Å². The summed E-state index contributed by atoms with van der Waals surface area (Å²) in [5.74, 6) is 1.81. The van der Waals surface area contributed by atoms with Crippen LogP contribution >= 0.6 is 0 Å². The number of carbonyl (C=O) groups excluding carboxylic acids is 1. The van der Waals surface area contributed by atoms with Crippen LogP contribution < -0.4 is 15.0 Å². The SMILES string of the molecule is Cc1cc(C)cc(NC(=O)[C@@H]2CCCN(c3nccnc3Oc3ccccc3C)C2)c1. The van der Waals surface area contributed by atoms with E-state index < -0.39 is 0 Å². The van der Waals surface area contributed by atoms with E-state index in [9.17, 15) is 4.79 Å². The molecule has 1 amide bonds. The maximum Gasteiger partial charge on any atom is 0.263 e. The summed E-state index contributed by atoms with van der Waals surface area (Å²) in [6.07, 6.45) is 5.05. The molecule has 160 valence electrons. The number of hydrogen-bond donors (Lipinski definition) is 1. The van der Waals surface area contributed by atoms with E-state index in [4.69, 9.17) is 4.74 Å². The van der Waals surface area contributed by atoms with E-state index >= 15 is 0 Å². The van der Waals surface area contributed by atoms with Crippen molar-refractivity contribution in [3.05, 3.63) is 71.5 Å². The van der Waals surface area contributed by atoms with E-state index in [2.05, 4.69) is 26.3 Å². The van der Waals surface area contributed by atoms with Gasteiger partial charge in [-0.05, 0) is 68.5 Å². The number of hydrogen-bond acceptors (Lipinski definition) is 5. The molecule has 0 aliphatic carbocycles. The van der Waals surface area contributed by atoms with Gasteiger partial charge < -0.3 is 15.0 Å². The maximum atomic E-state index is 13.0. The predicted octanol–water partition coefficient (Wildman–Crippen LogP) is 5.05. The maximum absolute atomic E-state index is 13.0. The van der Waals surface area contributed by atoms with Crippen LogP contribution in [0.5, 0.6) is 11.6 Å². The standard InChI is InChI=1S/C25H28N4O2/c1-17-13-18(2)15-21(14-17)28-24(30)20-8-6-12-29(16-20)23-25(27-11-10-26-23)31-22-9-5-4-7-19(22)3/h4-5,7,9-11,13-15,20H,6,8,12,16H2,1-3H3,(H,28,30)/t20-/m1/s1. The topological polar surface area (TPSA) is 67.4 Å². The van der Waals surface area contributed by atoms with Crippen LogP contribution in [0.3, 0.4) is 0 Å². The normalized spacial score (nSPS) is 16.1. The van der Waals surface area contributed by atoms with Gasteiger partial charge in [-0.25, -0.2) is 9.97 Å². The van der Waals surface area contributed by atoms with E-state index in [1.54, 1.807) is 12.4 Å². The van der Waals surface area contributed by atoms with Crippen LogP contribution in [-0.2, 0) is 4.79 Å². The van der Waals surface area contributed by atoms with Crippen molar-refractivity contribution in [3.63, 3.8) is 0 Å². The fraction of sp³-hybridized carbons (Fsp3) is 0.320. The van der Waals surface area contributed by atoms with Gasteiger partial charge in [-0.15, -0.1) is 0 Å². The molecule has 3 aromatic rings. The Morgan fingerprint density at radius 3 is 2.58 bits per heavy atom. The third kappa shape index (κ3) is 5.02. The molecule has 1 fully saturated rings. The molecule has 1 aliphatic heterocycles. The number of ether oxygens (including phenoxy) is 1. The third-order valence-corrected chi connectivity index (χ3v) is 5.53. The summed E-state index contributed by atoms with van der Waals surface area (Å²) in [6, 6.07) is 13.9. The largest absolute Gasteiger partial charge is 0.436 e. The summed E-state index contributed by atoms with van der Waals surface area (Å²) in [7, 11) is 0. The van der Waals surface area contributed by atoms with Crippen LogP contribution in [-0.4, -0.2) is 29.0 Å².